The topological polar surface area (TPSA) is 67.2 Å². The Labute approximate surface area is 118 Å². The molecule has 0 fully saturated rings. The van der Waals surface area contributed by atoms with Crippen molar-refractivity contribution < 1.29 is 4.79 Å². The highest BCUT2D eigenvalue weighted by Gasteiger charge is 2.20. The third-order valence-electron chi connectivity index (χ3n) is 3.55. The molecule has 4 heteroatoms. The van der Waals surface area contributed by atoms with Gasteiger partial charge in [0.25, 0.3) is 0 Å². The molecule has 0 saturated heterocycles. The van der Waals surface area contributed by atoms with Gasteiger partial charge in [-0.05, 0) is 42.2 Å². The molecule has 0 heterocycles. The Morgan fingerprint density at radius 1 is 1.00 bits per heavy atom. The Kier molecular flexibility index (Phi) is 3.29. The lowest BCUT2D eigenvalue weighted by molar-refractivity contribution is 0.259. The average molecular weight is 267 g/mol. The van der Waals surface area contributed by atoms with Crippen molar-refractivity contribution in [3.63, 3.8) is 0 Å². The smallest absolute Gasteiger partial charge is 0.316 e. The number of carbonyl (C=O) groups excluding carboxylic acids is 1. The first kappa shape index (κ1) is 12.5. The number of anilines is 2. The van der Waals surface area contributed by atoms with Crippen LogP contribution in [0.1, 0.15) is 11.1 Å². The lowest BCUT2D eigenvalue weighted by Gasteiger charge is -2.14. The van der Waals surface area contributed by atoms with Gasteiger partial charge in [-0.25, -0.2) is 4.79 Å². The highest BCUT2D eigenvalue weighted by Crippen LogP contribution is 2.25. The summed E-state index contributed by atoms with van der Waals surface area (Å²) in [6.45, 7) is 0. The van der Waals surface area contributed by atoms with E-state index in [2.05, 4.69) is 34.9 Å². The first-order chi connectivity index (χ1) is 9.70. The summed E-state index contributed by atoms with van der Waals surface area (Å²) in [4.78, 5) is 10.9. The van der Waals surface area contributed by atoms with Gasteiger partial charge in [0, 0.05) is 17.4 Å². The SMILES string of the molecule is NC(=O)Nc1cccc(NC2Cc3ccccc3C2)c1. The Bertz CT molecular complexity index is 614. The van der Waals surface area contributed by atoms with Crippen LogP contribution in [-0.2, 0) is 12.8 Å². The molecule has 102 valence electrons. The Balaban J connectivity index is 1.69. The van der Waals surface area contributed by atoms with Crippen LogP contribution in [0.5, 0.6) is 0 Å². The molecule has 1 aliphatic carbocycles. The second kappa shape index (κ2) is 5.25. The van der Waals surface area contributed by atoms with Crippen LogP contribution >= 0.6 is 0 Å². The van der Waals surface area contributed by atoms with Gasteiger partial charge in [-0.2, -0.15) is 0 Å². The standard InChI is InChI=1S/C16H17N3O/c17-16(20)19-14-7-3-6-13(10-14)18-15-8-11-4-1-2-5-12(11)9-15/h1-7,10,15,18H,8-9H2,(H3,17,19,20). The van der Waals surface area contributed by atoms with Crippen LogP contribution in [0.25, 0.3) is 0 Å². The van der Waals surface area contributed by atoms with E-state index in [-0.39, 0.29) is 0 Å². The molecule has 2 aromatic rings. The fourth-order valence-electron chi connectivity index (χ4n) is 2.73. The summed E-state index contributed by atoms with van der Waals surface area (Å²) in [6.07, 6.45) is 2.06. The third kappa shape index (κ3) is 2.74. The lowest BCUT2D eigenvalue weighted by atomic mass is 10.1. The second-order valence-corrected chi connectivity index (χ2v) is 5.09. The maximum atomic E-state index is 10.9. The molecule has 20 heavy (non-hydrogen) atoms. The van der Waals surface area contributed by atoms with E-state index in [4.69, 9.17) is 5.73 Å². The minimum absolute atomic E-state index is 0.399. The maximum absolute atomic E-state index is 10.9. The minimum atomic E-state index is -0.546. The van der Waals surface area contributed by atoms with E-state index in [1.165, 1.54) is 11.1 Å². The van der Waals surface area contributed by atoms with Gasteiger partial charge >= 0.3 is 6.03 Å². The van der Waals surface area contributed by atoms with Gasteiger partial charge in [0.05, 0.1) is 0 Å². The first-order valence-corrected chi connectivity index (χ1v) is 6.70. The van der Waals surface area contributed by atoms with E-state index in [9.17, 15) is 4.79 Å². The Morgan fingerprint density at radius 3 is 2.30 bits per heavy atom. The van der Waals surface area contributed by atoms with Gasteiger partial charge < -0.3 is 16.4 Å². The maximum Gasteiger partial charge on any atom is 0.316 e. The first-order valence-electron chi connectivity index (χ1n) is 6.70. The van der Waals surface area contributed by atoms with E-state index in [0.29, 0.717) is 11.7 Å². The molecule has 3 rings (SSSR count). The van der Waals surface area contributed by atoms with E-state index < -0.39 is 6.03 Å². The van der Waals surface area contributed by atoms with Crippen molar-refractivity contribution in [2.75, 3.05) is 10.6 Å². The number of nitrogens with one attached hydrogen (secondary N) is 2. The highest BCUT2D eigenvalue weighted by atomic mass is 16.2. The molecule has 2 aromatic carbocycles. The van der Waals surface area contributed by atoms with Crippen LogP contribution in [0.4, 0.5) is 16.2 Å². The van der Waals surface area contributed by atoms with Crippen molar-refractivity contribution in [3.8, 4) is 0 Å². The monoisotopic (exact) mass is 267 g/mol. The van der Waals surface area contributed by atoms with Crippen LogP contribution in [-0.4, -0.2) is 12.1 Å². The number of hydrogen-bond acceptors (Lipinski definition) is 2. The number of urea groups is 1. The Morgan fingerprint density at radius 2 is 1.65 bits per heavy atom. The molecule has 0 aliphatic heterocycles. The number of nitrogens with two attached hydrogens (primary N) is 1. The van der Waals surface area contributed by atoms with Crippen molar-refractivity contribution >= 4 is 17.4 Å². The van der Waals surface area contributed by atoms with E-state index in [1.807, 2.05) is 24.3 Å². The largest absolute Gasteiger partial charge is 0.382 e. The number of hydrogen-bond donors (Lipinski definition) is 3. The second-order valence-electron chi connectivity index (χ2n) is 5.09. The summed E-state index contributed by atoms with van der Waals surface area (Å²) < 4.78 is 0. The average Bonchev–Trinajstić information content (AvgIpc) is 2.80. The van der Waals surface area contributed by atoms with E-state index >= 15 is 0 Å². The molecule has 2 amide bonds. The van der Waals surface area contributed by atoms with Crippen LogP contribution in [0, 0.1) is 0 Å². The normalized spacial score (nSPS) is 13.8. The zero-order chi connectivity index (χ0) is 13.9. The van der Waals surface area contributed by atoms with Crippen molar-refractivity contribution in [1.29, 1.82) is 0 Å². The minimum Gasteiger partial charge on any atom is -0.382 e. The number of fused-ring (bicyclic) bond motifs is 1. The summed E-state index contributed by atoms with van der Waals surface area (Å²) in [5, 5.41) is 6.10. The highest BCUT2D eigenvalue weighted by molar-refractivity contribution is 5.88. The number of primary amides is 1. The fourth-order valence-corrected chi connectivity index (χ4v) is 2.73. The quantitative estimate of drug-likeness (QED) is 0.800. The number of amides is 2. The number of carbonyl (C=O) groups is 1. The molecule has 4 N–H and O–H groups in total. The molecule has 0 aromatic heterocycles. The predicted molar refractivity (Wildman–Crippen MR) is 80.9 cm³/mol. The fraction of sp³-hybridized carbons (Fsp3) is 0.188. The van der Waals surface area contributed by atoms with Gasteiger partial charge in [0.15, 0.2) is 0 Å². The summed E-state index contributed by atoms with van der Waals surface area (Å²) in [5.74, 6) is 0. The summed E-state index contributed by atoms with van der Waals surface area (Å²) in [5.41, 5.74) is 9.65. The summed E-state index contributed by atoms with van der Waals surface area (Å²) in [7, 11) is 0. The zero-order valence-corrected chi connectivity index (χ0v) is 11.1. The van der Waals surface area contributed by atoms with Crippen molar-refractivity contribution in [2.45, 2.75) is 18.9 Å². The number of rotatable bonds is 3. The van der Waals surface area contributed by atoms with E-state index in [0.717, 1.165) is 18.5 Å². The van der Waals surface area contributed by atoms with Crippen molar-refractivity contribution in [2.24, 2.45) is 5.73 Å². The van der Waals surface area contributed by atoms with E-state index in [1.54, 1.807) is 0 Å². The van der Waals surface area contributed by atoms with Crippen LogP contribution < -0.4 is 16.4 Å². The number of benzene rings is 2. The molecule has 0 unspecified atom stereocenters. The molecule has 0 bridgehead atoms. The molecular weight excluding hydrogens is 250 g/mol. The zero-order valence-electron chi connectivity index (χ0n) is 11.1. The van der Waals surface area contributed by atoms with Crippen LogP contribution in [0.3, 0.4) is 0 Å². The third-order valence-corrected chi connectivity index (χ3v) is 3.55. The predicted octanol–water partition coefficient (Wildman–Crippen LogP) is 2.76. The molecule has 0 saturated carbocycles. The van der Waals surface area contributed by atoms with Gasteiger partial charge in [-0.15, -0.1) is 0 Å². The molecule has 0 spiro atoms. The van der Waals surface area contributed by atoms with Crippen molar-refractivity contribution in [3.05, 3.63) is 59.7 Å². The molecule has 0 radical (unpaired) electrons. The van der Waals surface area contributed by atoms with Gasteiger partial charge in [-0.3, -0.25) is 0 Å². The summed E-state index contributed by atoms with van der Waals surface area (Å²) in [6, 6.07) is 16.0. The molecule has 0 atom stereocenters. The van der Waals surface area contributed by atoms with Crippen LogP contribution in [0.2, 0.25) is 0 Å². The van der Waals surface area contributed by atoms with Gasteiger partial charge in [0.2, 0.25) is 0 Å². The lowest BCUT2D eigenvalue weighted by Crippen LogP contribution is -2.21. The van der Waals surface area contributed by atoms with Gasteiger partial charge in [-0.1, -0.05) is 30.3 Å². The van der Waals surface area contributed by atoms with Crippen LogP contribution in [0.15, 0.2) is 48.5 Å². The van der Waals surface area contributed by atoms with Crippen molar-refractivity contribution in [1.82, 2.24) is 0 Å². The molecule has 1 aliphatic rings. The Hall–Kier alpha value is -2.49. The molecule has 4 nitrogen and oxygen atoms in total. The molecular formula is C16H17N3O. The van der Waals surface area contributed by atoms with Gasteiger partial charge in [0.1, 0.15) is 0 Å². The summed E-state index contributed by atoms with van der Waals surface area (Å²) >= 11 is 0.